The van der Waals surface area contributed by atoms with Crippen LogP contribution in [-0.4, -0.2) is 67.4 Å². The van der Waals surface area contributed by atoms with Crippen LogP contribution in [-0.2, 0) is 33.3 Å². The largest absolute Gasteiger partial charge is 0.458 e. The standard InChI is InChI=1S/C27H41NO7/c1-18(2)25(30)34-20(4)9-11-23(29)28-21-14-31-24(32-15-21)12-8-19(3)7-10-22-13-27(17-33-27)16-26(5,6)35-22/h7-11,18,20-22,24H,12-17H2,1-6H3,(H,28,29)/b10-7+,11-9-,19-8+/t20-,21?,22+,24?,27+/m0/s1. The zero-order valence-corrected chi connectivity index (χ0v) is 21.9. The van der Waals surface area contributed by atoms with Crippen molar-refractivity contribution in [2.75, 3.05) is 19.8 Å². The lowest BCUT2D eigenvalue weighted by atomic mass is 9.85. The molecule has 3 heterocycles. The molecule has 3 fully saturated rings. The average molecular weight is 492 g/mol. The maximum absolute atomic E-state index is 12.1. The second-order valence-electron chi connectivity index (χ2n) is 10.8. The van der Waals surface area contributed by atoms with Crippen LogP contribution in [0.4, 0.5) is 0 Å². The molecule has 3 saturated heterocycles. The third-order valence-electron chi connectivity index (χ3n) is 6.16. The Morgan fingerprint density at radius 1 is 1.14 bits per heavy atom. The molecule has 0 aromatic carbocycles. The van der Waals surface area contributed by atoms with Crippen LogP contribution < -0.4 is 5.32 Å². The minimum atomic E-state index is -0.470. The van der Waals surface area contributed by atoms with Crippen molar-refractivity contribution in [3.63, 3.8) is 0 Å². The number of rotatable bonds is 9. The molecule has 196 valence electrons. The van der Waals surface area contributed by atoms with Gasteiger partial charge < -0.3 is 29.0 Å². The highest BCUT2D eigenvalue weighted by Crippen LogP contribution is 2.46. The lowest BCUT2D eigenvalue weighted by Gasteiger charge is -2.38. The first-order valence-corrected chi connectivity index (χ1v) is 12.5. The predicted octanol–water partition coefficient (Wildman–Crippen LogP) is 3.61. The van der Waals surface area contributed by atoms with Crippen molar-refractivity contribution in [2.45, 2.75) is 96.5 Å². The van der Waals surface area contributed by atoms with E-state index in [1.165, 1.54) is 6.08 Å². The van der Waals surface area contributed by atoms with E-state index in [0.717, 1.165) is 25.0 Å². The second-order valence-corrected chi connectivity index (χ2v) is 10.8. The lowest BCUT2D eigenvalue weighted by molar-refractivity contribution is -0.187. The third kappa shape index (κ3) is 9.18. The molecule has 35 heavy (non-hydrogen) atoms. The zero-order chi connectivity index (χ0) is 25.6. The van der Waals surface area contributed by atoms with E-state index < -0.39 is 6.10 Å². The number of epoxide rings is 1. The highest BCUT2D eigenvalue weighted by molar-refractivity contribution is 5.87. The summed E-state index contributed by atoms with van der Waals surface area (Å²) in [6.07, 6.45) is 10.9. The molecule has 0 unspecified atom stereocenters. The first-order chi connectivity index (χ1) is 16.5. The van der Waals surface area contributed by atoms with E-state index in [9.17, 15) is 9.59 Å². The van der Waals surface area contributed by atoms with Gasteiger partial charge in [0.2, 0.25) is 5.91 Å². The van der Waals surface area contributed by atoms with Gasteiger partial charge in [-0.3, -0.25) is 9.59 Å². The molecule has 0 radical (unpaired) electrons. The molecular weight excluding hydrogens is 450 g/mol. The third-order valence-corrected chi connectivity index (χ3v) is 6.16. The zero-order valence-electron chi connectivity index (χ0n) is 21.9. The molecule has 1 N–H and O–H groups in total. The van der Waals surface area contributed by atoms with Gasteiger partial charge in [0.1, 0.15) is 6.10 Å². The van der Waals surface area contributed by atoms with Gasteiger partial charge in [-0.2, -0.15) is 0 Å². The summed E-state index contributed by atoms with van der Waals surface area (Å²) in [6.45, 7) is 13.1. The van der Waals surface area contributed by atoms with Gasteiger partial charge in [-0.05, 0) is 33.8 Å². The van der Waals surface area contributed by atoms with Crippen LogP contribution >= 0.6 is 0 Å². The van der Waals surface area contributed by atoms with E-state index in [1.807, 2.05) is 6.92 Å². The van der Waals surface area contributed by atoms with Crippen LogP contribution in [0.15, 0.2) is 36.0 Å². The first kappa shape index (κ1) is 27.6. The summed E-state index contributed by atoms with van der Waals surface area (Å²) in [7, 11) is 0. The fourth-order valence-electron chi connectivity index (χ4n) is 4.34. The maximum atomic E-state index is 12.1. The normalized spacial score (nSPS) is 31.7. The van der Waals surface area contributed by atoms with Gasteiger partial charge in [-0.15, -0.1) is 0 Å². The van der Waals surface area contributed by atoms with Crippen molar-refractivity contribution in [1.29, 1.82) is 0 Å². The Labute approximate surface area is 209 Å². The minimum Gasteiger partial charge on any atom is -0.458 e. The number of hydrogen-bond acceptors (Lipinski definition) is 7. The van der Waals surface area contributed by atoms with Crippen LogP contribution in [0.25, 0.3) is 0 Å². The molecule has 0 saturated carbocycles. The monoisotopic (exact) mass is 491 g/mol. The van der Waals surface area contributed by atoms with Gasteiger partial charge in [0, 0.05) is 25.3 Å². The summed E-state index contributed by atoms with van der Waals surface area (Å²) in [6, 6.07) is -0.231. The van der Waals surface area contributed by atoms with Crippen molar-refractivity contribution < 1.29 is 33.3 Å². The summed E-state index contributed by atoms with van der Waals surface area (Å²) < 4.78 is 28.6. The molecule has 0 bridgehead atoms. The Bertz CT molecular complexity index is 826. The topological polar surface area (TPSA) is 95.6 Å². The van der Waals surface area contributed by atoms with Crippen molar-refractivity contribution >= 4 is 11.9 Å². The number of carbonyl (C=O) groups excluding carboxylic acids is 2. The van der Waals surface area contributed by atoms with Crippen LogP contribution in [0.1, 0.15) is 60.8 Å². The fraction of sp³-hybridized carbons (Fsp3) is 0.704. The highest BCUT2D eigenvalue weighted by atomic mass is 16.7. The fourth-order valence-corrected chi connectivity index (χ4v) is 4.34. The van der Waals surface area contributed by atoms with E-state index in [2.05, 4.69) is 37.4 Å². The molecule has 1 amide bonds. The number of ether oxygens (including phenoxy) is 5. The van der Waals surface area contributed by atoms with E-state index in [-0.39, 0.29) is 47.4 Å². The Morgan fingerprint density at radius 3 is 2.46 bits per heavy atom. The molecule has 0 aliphatic carbocycles. The van der Waals surface area contributed by atoms with Crippen LogP contribution in [0.3, 0.4) is 0 Å². The Morgan fingerprint density at radius 2 is 1.83 bits per heavy atom. The molecular formula is C27H41NO7. The molecule has 0 aromatic rings. The summed E-state index contributed by atoms with van der Waals surface area (Å²) in [5, 5.41) is 2.84. The van der Waals surface area contributed by atoms with Gasteiger partial charge in [0.25, 0.3) is 0 Å². The maximum Gasteiger partial charge on any atom is 0.308 e. The van der Waals surface area contributed by atoms with Crippen LogP contribution in [0.5, 0.6) is 0 Å². The van der Waals surface area contributed by atoms with Gasteiger partial charge >= 0.3 is 5.97 Å². The SMILES string of the molecule is CC(/C=C/[C@@H]1C[C@]2(CO2)CC(C)(C)O1)=C\CC1OCC(NC(=O)/C=C\[C@H](C)OC(=O)C(C)C)CO1. The molecule has 1 spiro atoms. The summed E-state index contributed by atoms with van der Waals surface area (Å²) in [5.74, 6) is -0.780. The highest BCUT2D eigenvalue weighted by Gasteiger charge is 2.53. The molecule has 0 aromatic heterocycles. The van der Waals surface area contributed by atoms with Gasteiger partial charge in [-0.1, -0.05) is 37.6 Å². The lowest BCUT2D eigenvalue weighted by Crippen LogP contribution is -2.46. The van der Waals surface area contributed by atoms with Crippen LogP contribution in [0, 0.1) is 5.92 Å². The second kappa shape index (κ2) is 11.8. The van der Waals surface area contributed by atoms with Crippen LogP contribution in [0.2, 0.25) is 0 Å². The number of amides is 1. The Kier molecular flexibility index (Phi) is 9.32. The number of esters is 1. The average Bonchev–Trinajstić information content (AvgIpc) is 3.51. The number of hydrogen-bond donors (Lipinski definition) is 1. The number of allylic oxidation sites excluding steroid dienone is 2. The first-order valence-electron chi connectivity index (χ1n) is 12.5. The summed E-state index contributed by atoms with van der Waals surface area (Å²) in [5.41, 5.74) is 0.951. The molecule has 3 rings (SSSR count). The summed E-state index contributed by atoms with van der Waals surface area (Å²) in [4.78, 5) is 23.7. The van der Waals surface area contributed by atoms with Gasteiger partial charge in [0.15, 0.2) is 6.29 Å². The molecule has 8 heteroatoms. The minimum absolute atomic E-state index is 0.0126. The predicted molar refractivity (Wildman–Crippen MR) is 132 cm³/mol. The van der Waals surface area contributed by atoms with E-state index >= 15 is 0 Å². The summed E-state index contributed by atoms with van der Waals surface area (Å²) >= 11 is 0. The molecule has 3 aliphatic rings. The number of carbonyl (C=O) groups is 2. The quantitative estimate of drug-likeness (QED) is 0.228. The molecule has 8 nitrogen and oxygen atoms in total. The molecule has 3 atom stereocenters. The molecule has 3 aliphatic heterocycles. The van der Waals surface area contributed by atoms with E-state index in [1.54, 1.807) is 26.8 Å². The smallest absolute Gasteiger partial charge is 0.308 e. The van der Waals surface area contributed by atoms with E-state index in [0.29, 0.717) is 19.6 Å². The van der Waals surface area contributed by atoms with Crippen molar-refractivity contribution in [2.24, 2.45) is 5.92 Å². The van der Waals surface area contributed by atoms with Gasteiger partial charge in [-0.25, -0.2) is 0 Å². The Hall–Kier alpha value is -2.00. The van der Waals surface area contributed by atoms with E-state index in [4.69, 9.17) is 23.7 Å². The van der Waals surface area contributed by atoms with Crippen molar-refractivity contribution in [3.8, 4) is 0 Å². The van der Waals surface area contributed by atoms with Gasteiger partial charge in [0.05, 0.1) is 49.1 Å². The Balaban J connectivity index is 1.35. The van der Waals surface area contributed by atoms with Crippen molar-refractivity contribution in [1.82, 2.24) is 5.32 Å². The van der Waals surface area contributed by atoms with Crippen molar-refractivity contribution in [3.05, 3.63) is 36.0 Å². The number of nitrogens with one attached hydrogen (secondary N) is 1.